The minimum atomic E-state index is 0.230. The molecule has 4 nitrogen and oxygen atoms in total. The van der Waals surface area contributed by atoms with E-state index < -0.39 is 0 Å². The molecule has 0 saturated carbocycles. The minimum Gasteiger partial charge on any atom is -0.396 e. The van der Waals surface area contributed by atoms with Gasteiger partial charge < -0.3 is 15.7 Å². The number of rotatable bonds is 3. The second-order valence-corrected chi connectivity index (χ2v) is 4.27. The molecule has 1 aromatic rings. The molecule has 1 saturated heterocycles. The summed E-state index contributed by atoms with van der Waals surface area (Å²) in [6.45, 7) is 1.22. The molecule has 1 aliphatic heterocycles. The summed E-state index contributed by atoms with van der Waals surface area (Å²) in [5.41, 5.74) is 6.67. The second kappa shape index (κ2) is 5.16. The van der Waals surface area contributed by atoms with E-state index in [1.54, 1.807) is 6.20 Å². The van der Waals surface area contributed by atoms with E-state index in [4.69, 9.17) is 10.8 Å². The molecule has 0 aliphatic carbocycles. The van der Waals surface area contributed by atoms with E-state index in [-0.39, 0.29) is 6.61 Å². The molecule has 0 aromatic carbocycles. The zero-order chi connectivity index (χ0) is 11.4. The second-order valence-electron chi connectivity index (χ2n) is 4.27. The van der Waals surface area contributed by atoms with Crippen molar-refractivity contribution >= 4 is 11.5 Å². The first-order valence-corrected chi connectivity index (χ1v) is 5.91. The molecule has 1 aromatic heterocycles. The van der Waals surface area contributed by atoms with E-state index in [1.165, 1.54) is 12.8 Å². The average Bonchev–Trinajstić information content (AvgIpc) is 2.31. The SMILES string of the molecule is Nc1cccnc1N1CCCC[C@@H]1CCO. The van der Waals surface area contributed by atoms with E-state index in [0.29, 0.717) is 6.04 Å². The van der Waals surface area contributed by atoms with Crippen molar-refractivity contribution < 1.29 is 5.11 Å². The quantitative estimate of drug-likeness (QED) is 0.810. The Balaban J connectivity index is 2.19. The Labute approximate surface area is 96.1 Å². The maximum atomic E-state index is 9.07. The number of nitrogens with zero attached hydrogens (tertiary/aromatic N) is 2. The van der Waals surface area contributed by atoms with Crippen LogP contribution in [-0.4, -0.2) is 29.3 Å². The lowest BCUT2D eigenvalue weighted by atomic mass is 9.99. The summed E-state index contributed by atoms with van der Waals surface area (Å²) in [4.78, 5) is 6.60. The third-order valence-corrected chi connectivity index (χ3v) is 3.18. The van der Waals surface area contributed by atoms with Gasteiger partial charge >= 0.3 is 0 Å². The number of piperidine rings is 1. The van der Waals surface area contributed by atoms with Crippen LogP contribution >= 0.6 is 0 Å². The van der Waals surface area contributed by atoms with Gasteiger partial charge in [0.05, 0.1) is 5.69 Å². The molecule has 88 valence electrons. The van der Waals surface area contributed by atoms with Gasteiger partial charge in [-0.05, 0) is 37.8 Å². The number of aliphatic hydroxyl groups excluding tert-OH is 1. The molecule has 3 N–H and O–H groups in total. The van der Waals surface area contributed by atoms with Crippen LogP contribution in [0.1, 0.15) is 25.7 Å². The topological polar surface area (TPSA) is 62.4 Å². The largest absolute Gasteiger partial charge is 0.396 e. The molecule has 4 heteroatoms. The number of hydrogen-bond donors (Lipinski definition) is 2. The summed E-state index contributed by atoms with van der Waals surface area (Å²) in [6, 6.07) is 4.12. The first-order valence-electron chi connectivity index (χ1n) is 5.91. The molecule has 1 atom stereocenters. The maximum absolute atomic E-state index is 9.07. The van der Waals surface area contributed by atoms with Crippen molar-refractivity contribution in [2.45, 2.75) is 31.7 Å². The maximum Gasteiger partial charge on any atom is 0.152 e. The molecule has 0 radical (unpaired) electrons. The van der Waals surface area contributed by atoms with Crippen LogP contribution < -0.4 is 10.6 Å². The lowest BCUT2D eigenvalue weighted by molar-refractivity contribution is 0.262. The fourth-order valence-electron chi connectivity index (χ4n) is 2.38. The molecule has 0 amide bonds. The van der Waals surface area contributed by atoms with Gasteiger partial charge in [-0.15, -0.1) is 0 Å². The number of nitrogens with two attached hydrogens (primary N) is 1. The third-order valence-electron chi connectivity index (χ3n) is 3.18. The third kappa shape index (κ3) is 2.27. The molecule has 2 heterocycles. The summed E-state index contributed by atoms with van der Waals surface area (Å²) >= 11 is 0. The Kier molecular flexibility index (Phi) is 3.62. The Bertz CT molecular complexity index is 341. The van der Waals surface area contributed by atoms with Gasteiger partial charge in [-0.1, -0.05) is 0 Å². The molecule has 1 fully saturated rings. The highest BCUT2D eigenvalue weighted by Crippen LogP contribution is 2.28. The number of pyridine rings is 1. The fraction of sp³-hybridized carbons (Fsp3) is 0.583. The Hall–Kier alpha value is -1.29. The van der Waals surface area contributed by atoms with Crippen molar-refractivity contribution in [3.05, 3.63) is 18.3 Å². The lowest BCUT2D eigenvalue weighted by Gasteiger charge is -2.37. The van der Waals surface area contributed by atoms with Gasteiger partial charge in [-0.25, -0.2) is 4.98 Å². The first-order chi connectivity index (χ1) is 7.83. The Morgan fingerprint density at radius 3 is 3.12 bits per heavy atom. The first kappa shape index (κ1) is 11.2. The van der Waals surface area contributed by atoms with Gasteiger partial charge in [0, 0.05) is 25.4 Å². The summed E-state index contributed by atoms with van der Waals surface area (Å²) in [7, 11) is 0. The summed E-state index contributed by atoms with van der Waals surface area (Å²) in [6.07, 6.45) is 6.11. The highest BCUT2D eigenvalue weighted by Gasteiger charge is 2.24. The van der Waals surface area contributed by atoms with Crippen molar-refractivity contribution in [3.63, 3.8) is 0 Å². The average molecular weight is 221 g/mol. The van der Waals surface area contributed by atoms with Gasteiger partial charge in [0.15, 0.2) is 5.82 Å². The molecule has 0 spiro atoms. The molecule has 16 heavy (non-hydrogen) atoms. The van der Waals surface area contributed by atoms with Crippen molar-refractivity contribution in [1.82, 2.24) is 4.98 Å². The van der Waals surface area contributed by atoms with Gasteiger partial charge in [0.25, 0.3) is 0 Å². The Morgan fingerprint density at radius 2 is 2.38 bits per heavy atom. The normalized spacial score (nSPS) is 21.1. The van der Waals surface area contributed by atoms with E-state index in [0.717, 1.165) is 30.9 Å². The van der Waals surface area contributed by atoms with Crippen molar-refractivity contribution in [2.75, 3.05) is 23.8 Å². The van der Waals surface area contributed by atoms with Crippen LogP contribution in [0, 0.1) is 0 Å². The summed E-state index contributed by atoms with van der Waals surface area (Å²) < 4.78 is 0. The van der Waals surface area contributed by atoms with Gasteiger partial charge in [-0.3, -0.25) is 0 Å². The molecule has 0 bridgehead atoms. The lowest BCUT2D eigenvalue weighted by Crippen LogP contribution is -2.41. The number of aliphatic hydroxyl groups is 1. The van der Waals surface area contributed by atoms with Crippen LogP contribution in [0.25, 0.3) is 0 Å². The zero-order valence-electron chi connectivity index (χ0n) is 9.47. The summed E-state index contributed by atoms with van der Waals surface area (Å²) in [5.74, 6) is 0.876. The molecule has 2 rings (SSSR count). The van der Waals surface area contributed by atoms with Crippen LogP contribution in [0.5, 0.6) is 0 Å². The van der Waals surface area contributed by atoms with Crippen LogP contribution in [-0.2, 0) is 0 Å². The highest BCUT2D eigenvalue weighted by atomic mass is 16.3. The zero-order valence-corrected chi connectivity index (χ0v) is 9.47. The molecular formula is C12H19N3O. The van der Waals surface area contributed by atoms with Gasteiger partial charge in [0.2, 0.25) is 0 Å². The minimum absolute atomic E-state index is 0.230. The van der Waals surface area contributed by atoms with Crippen molar-refractivity contribution in [3.8, 4) is 0 Å². The van der Waals surface area contributed by atoms with Gasteiger partial charge in [-0.2, -0.15) is 0 Å². The standard InChI is InChI=1S/C12H19N3O/c13-11-5-3-7-14-12(11)15-8-2-1-4-10(15)6-9-16/h3,5,7,10,16H,1-2,4,6,8-9,13H2/t10-/m1/s1. The number of anilines is 2. The monoisotopic (exact) mass is 221 g/mol. The predicted octanol–water partition coefficient (Wildman–Crippen LogP) is 1.41. The van der Waals surface area contributed by atoms with Gasteiger partial charge in [0.1, 0.15) is 0 Å². The Morgan fingerprint density at radius 1 is 1.50 bits per heavy atom. The number of nitrogen functional groups attached to an aromatic ring is 1. The van der Waals surface area contributed by atoms with Crippen LogP contribution in [0.4, 0.5) is 11.5 Å². The van der Waals surface area contributed by atoms with E-state index in [9.17, 15) is 0 Å². The van der Waals surface area contributed by atoms with Crippen LogP contribution in [0.3, 0.4) is 0 Å². The van der Waals surface area contributed by atoms with Crippen LogP contribution in [0.2, 0.25) is 0 Å². The molecule has 1 aliphatic rings. The fourth-order valence-corrected chi connectivity index (χ4v) is 2.38. The number of aromatic nitrogens is 1. The highest BCUT2D eigenvalue weighted by molar-refractivity contribution is 5.62. The summed E-state index contributed by atoms with van der Waals surface area (Å²) in [5, 5.41) is 9.07. The van der Waals surface area contributed by atoms with E-state index in [2.05, 4.69) is 9.88 Å². The molecule has 0 unspecified atom stereocenters. The van der Waals surface area contributed by atoms with Crippen molar-refractivity contribution in [2.24, 2.45) is 0 Å². The molecular weight excluding hydrogens is 202 g/mol. The van der Waals surface area contributed by atoms with E-state index >= 15 is 0 Å². The van der Waals surface area contributed by atoms with E-state index in [1.807, 2.05) is 12.1 Å². The number of hydrogen-bond acceptors (Lipinski definition) is 4. The predicted molar refractivity (Wildman–Crippen MR) is 65.3 cm³/mol. The van der Waals surface area contributed by atoms with Crippen molar-refractivity contribution in [1.29, 1.82) is 0 Å². The van der Waals surface area contributed by atoms with Crippen LogP contribution in [0.15, 0.2) is 18.3 Å². The smallest absolute Gasteiger partial charge is 0.152 e.